The molecule has 0 aliphatic carbocycles. The molecule has 2 aromatic rings. The van der Waals surface area contributed by atoms with Gasteiger partial charge in [0.2, 0.25) is 0 Å². The number of nitrogens with two attached hydrogens (primary N) is 1. The number of rotatable bonds is 5. The van der Waals surface area contributed by atoms with Crippen LogP contribution in [0.15, 0.2) is 24.4 Å². The van der Waals surface area contributed by atoms with E-state index in [1.807, 2.05) is 0 Å². The Bertz CT molecular complexity index is 615. The van der Waals surface area contributed by atoms with Gasteiger partial charge in [-0.05, 0) is 12.1 Å². The molecule has 1 aromatic carbocycles. The van der Waals surface area contributed by atoms with Gasteiger partial charge in [0.25, 0.3) is 5.69 Å². The van der Waals surface area contributed by atoms with Crippen LogP contribution in [0.3, 0.4) is 0 Å². The summed E-state index contributed by atoms with van der Waals surface area (Å²) >= 11 is 0. The molecule has 3 N–H and O–H groups in total. The van der Waals surface area contributed by atoms with Crippen LogP contribution in [0.25, 0.3) is 10.8 Å². The largest absolute Gasteiger partial charge is 0.496 e. The molecule has 0 bridgehead atoms. The highest BCUT2D eigenvalue weighted by Gasteiger charge is 2.18. The predicted molar refractivity (Wildman–Crippen MR) is 72.5 cm³/mol. The monoisotopic (exact) mass is 262 g/mol. The van der Waals surface area contributed by atoms with E-state index in [9.17, 15) is 10.1 Å². The number of pyridine rings is 1. The Kier molecular flexibility index (Phi) is 3.76. The fourth-order valence-corrected chi connectivity index (χ4v) is 1.91. The van der Waals surface area contributed by atoms with Crippen molar-refractivity contribution in [3.05, 3.63) is 34.5 Å². The van der Waals surface area contributed by atoms with Crippen LogP contribution in [0.1, 0.15) is 0 Å². The van der Waals surface area contributed by atoms with E-state index < -0.39 is 4.92 Å². The van der Waals surface area contributed by atoms with Gasteiger partial charge in [-0.15, -0.1) is 0 Å². The Morgan fingerprint density at radius 2 is 2.26 bits per heavy atom. The molecule has 0 fully saturated rings. The Hall–Kier alpha value is -2.41. The van der Waals surface area contributed by atoms with Gasteiger partial charge in [-0.2, -0.15) is 0 Å². The molecular weight excluding hydrogens is 248 g/mol. The number of benzene rings is 1. The van der Waals surface area contributed by atoms with Crippen molar-refractivity contribution >= 4 is 22.3 Å². The zero-order chi connectivity index (χ0) is 13.8. The third-order valence-corrected chi connectivity index (χ3v) is 2.72. The Morgan fingerprint density at radius 1 is 1.47 bits per heavy atom. The van der Waals surface area contributed by atoms with E-state index in [4.69, 9.17) is 10.5 Å². The van der Waals surface area contributed by atoms with Crippen LogP contribution in [0.2, 0.25) is 0 Å². The lowest BCUT2D eigenvalue weighted by Gasteiger charge is -2.10. The SMILES string of the molecule is COc1ccc([N+](=O)[O-])c2c(NCCN)nccc12. The first-order valence-electron chi connectivity index (χ1n) is 5.73. The molecule has 0 unspecified atom stereocenters. The summed E-state index contributed by atoms with van der Waals surface area (Å²) < 4.78 is 5.22. The van der Waals surface area contributed by atoms with Crippen molar-refractivity contribution in [1.82, 2.24) is 4.98 Å². The molecule has 0 amide bonds. The first kappa shape index (κ1) is 13.0. The fraction of sp³-hybridized carbons (Fsp3) is 0.250. The van der Waals surface area contributed by atoms with Crippen molar-refractivity contribution in [2.45, 2.75) is 0 Å². The predicted octanol–water partition coefficient (Wildman–Crippen LogP) is 1.52. The zero-order valence-corrected chi connectivity index (χ0v) is 10.4. The summed E-state index contributed by atoms with van der Waals surface area (Å²) in [6.45, 7) is 0.899. The van der Waals surface area contributed by atoms with E-state index in [0.717, 1.165) is 0 Å². The molecule has 2 rings (SSSR count). The van der Waals surface area contributed by atoms with E-state index in [1.54, 1.807) is 18.3 Å². The number of hydrogen-bond acceptors (Lipinski definition) is 6. The number of nitrogens with one attached hydrogen (secondary N) is 1. The summed E-state index contributed by atoms with van der Waals surface area (Å²) in [5.74, 6) is 1.01. The lowest BCUT2D eigenvalue weighted by molar-refractivity contribution is -0.383. The molecule has 0 saturated carbocycles. The summed E-state index contributed by atoms with van der Waals surface area (Å²) in [5, 5.41) is 15.2. The van der Waals surface area contributed by atoms with Gasteiger partial charge in [-0.3, -0.25) is 10.1 Å². The molecule has 7 nitrogen and oxygen atoms in total. The van der Waals surface area contributed by atoms with Gasteiger partial charge in [0.05, 0.1) is 12.0 Å². The normalized spacial score (nSPS) is 10.4. The number of methoxy groups -OCH3 is 1. The second-order valence-corrected chi connectivity index (χ2v) is 3.84. The van der Waals surface area contributed by atoms with E-state index in [2.05, 4.69) is 10.3 Å². The molecule has 1 aromatic heterocycles. The highest BCUT2D eigenvalue weighted by Crippen LogP contribution is 2.36. The van der Waals surface area contributed by atoms with E-state index in [1.165, 1.54) is 13.2 Å². The molecule has 0 spiro atoms. The molecule has 0 aliphatic rings. The van der Waals surface area contributed by atoms with Crippen LogP contribution in [0, 0.1) is 10.1 Å². The molecule has 7 heteroatoms. The van der Waals surface area contributed by atoms with Crippen LogP contribution < -0.4 is 15.8 Å². The summed E-state index contributed by atoms with van der Waals surface area (Å²) in [6, 6.07) is 4.68. The van der Waals surface area contributed by atoms with Crippen LogP contribution in [0.4, 0.5) is 11.5 Å². The minimum Gasteiger partial charge on any atom is -0.496 e. The number of fused-ring (bicyclic) bond motifs is 1. The van der Waals surface area contributed by atoms with E-state index in [0.29, 0.717) is 35.4 Å². The number of non-ortho nitro benzene ring substituents is 1. The zero-order valence-electron chi connectivity index (χ0n) is 10.4. The molecule has 0 radical (unpaired) electrons. The highest BCUT2D eigenvalue weighted by molar-refractivity contribution is 6.02. The second kappa shape index (κ2) is 5.49. The quantitative estimate of drug-likeness (QED) is 0.625. The summed E-state index contributed by atoms with van der Waals surface area (Å²) in [5.41, 5.74) is 5.41. The van der Waals surface area contributed by atoms with Crippen molar-refractivity contribution in [2.24, 2.45) is 5.73 Å². The van der Waals surface area contributed by atoms with Crippen LogP contribution >= 0.6 is 0 Å². The van der Waals surface area contributed by atoms with Crippen molar-refractivity contribution in [2.75, 3.05) is 25.5 Å². The first-order valence-corrected chi connectivity index (χ1v) is 5.73. The summed E-state index contributed by atoms with van der Waals surface area (Å²) in [7, 11) is 1.52. The van der Waals surface area contributed by atoms with Gasteiger partial charge in [-0.1, -0.05) is 0 Å². The molecule has 1 heterocycles. The molecular formula is C12H14N4O3. The molecule has 0 saturated heterocycles. The molecule has 19 heavy (non-hydrogen) atoms. The molecule has 0 aliphatic heterocycles. The number of nitro groups is 1. The van der Waals surface area contributed by atoms with Crippen LogP contribution in [-0.4, -0.2) is 30.1 Å². The average Bonchev–Trinajstić information content (AvgIpc) is 2.43. The van der Waals surface area contributed by atoms with Gasteiger partial charge in [0.15, 0.2) is 0 Å². The lowest BCUT2D eigenvalue weighted by atomic mass is 10.1. The highest BCUT2D eigenvalue weighted by atomic mass is 16.6. The van der Waals surface area contributed by atoms with Crippen molar-refractivity contribution in [1.29, 1.82) is 0 Å². The van der Waals surface area contributed by atoms with Gasteiger partial charge in [0.1, 0.15) is 17.0 Å². The lowest BCUT2D eigenvalue weighted by Crippen LogP contribution is -2.14. The minimum atomic E-state index is -0.433. The van der Waals surface area contributed by atoms with E-state index in [-0.39, 0.29) is 5.69 Å². The Balaban J connectivity index is 2.71. The van der Waals surface area contributed by atoms with Gasteiger partial charge >= 0.3 is 0 Å². The number of ether oxygens (including phenoxy) is 1. The van der Waals surface area contributed by atoms with Crippen LogP contribution in [0.5, 0.6) is 5.75 Å². The van der Waals surface area contributed by atoms with Crippen molar-refractivity contribution in [3.63, 3.8) is 0 Å². The van der Waals surface area contributed by atoms with Crippen molar-refractivity contribution < 1.29 is 9.66 Å². The minimum absolute atomic E-state index is 0.0107. The van der Waals surface area contributed by atoms with Crippen molar-refractivity contribution in [3.8, 4) is 5.75 Å². The van der Waals surface area contributed by atoms with Crippen LogP contribution in [-0.2, 0) is 0 Å². The maximum atomic E-state index is 11.1. The number of aromatic nitrogens is 1. The van der Waals surface area contributed by atoms with Gasteiger partial charge < -0.3 is 15.8 Å². The van der Waals surface area contributed by atoms with E-state index >= 15 is 0 Å². The maximum absolute atomic E-state index is 11.1. The average molecular weight is 262 g/mol. The molecule has 0 atom stereocenters. The topological polar surface area (TPSA) is 103 Å². The van der Waals surface area contributed by atoms with Gasteiger partial charge in [0, 0.05) is 30.7 Å². The standard InChI is InChI=1S/C12H14N4O3/c1-19-10-3-2-9(16(17)18)11-8(10)4-6-14-12(11)15-7-5-13/h2-4,6H,5,7,13H2,1H3,(H,14,15). The smallest absolute Gasteiger partial charge is 0.281 e. The summed E-state index contributed by atoms with van der Waals surface area (Å²) in [6.07, 6.45) is 1.58. The van der Waals surface area contributed by atoms with Gasteiger partial charge in [-0.25, -0.2) is 4.98 Å². The summed E-state index contributed by atoms with van der Waals surface area (Å²) in [4.78, 5) is 14.8. The third-order valence-electron chi connectivity index (χ3n) is 2.72. The first-order chi connectivity index (χ1) is 9.19. The number of nitro benzene ring substituents is 1. The molecule has 100 valence electrons. The number of nitrogens with zero attached hydrogens (tertiary/aromatic N) is 2. The maximum Gasteiger partial charge on any atom is 0.281 e. The number of hydrogen-bond donors (Lipinski definition) is 2. The fourth-order valence-electron chi connectivity index (χ4n) is 1.91. The third kappa shape index (κ3) is 2.41. The Morgan fingerprint density at radius 3 is 2.89 bits per heavy atom. The number of anilines is 1. The second-order valence-electron chi connectivity index (χ2n) is 3.84. The Labute approximate surface area is 109 Å².